The van der Waals surface area contributed by atoms with E-state index in [4.69, 9.17) is 5.73 Å². The number of aromatic nitrogens is 4. The van der Waals surface area contributed by atoms with Crippen LogP contribution in [0.25, 0.3) is 22.8 Å². The van der Waals surface area contributed by atoms with Crippen molar-refractivity contribution in [1.29, 1.82) is 0 Å². The Morgan fingerprint density at radius 3 is 2.86 bits per heavy atom. The lowest BCUT2D eigenvalue weighted by Gasteiger charge is -1.96. The molecule has 9 heteroatoms. The molecular formula is C13H13ClN6OS. The average molecular weight is 337 g/mol. The van der Waals surface area contributed by atoms with E-state index < -0.39 is 0 Å². The van der Waals surface area contributed by atoms with Crippen molar-refractivity contribution in [2.75, 3.05) is 11.9 Å². The van der Waals surface area contributed by atoms with Gasteiger partial charge in [-0.25, -0.2) is 9.97 Å². The number of nitrogens with one attached hydrogen (secondary N) is 2. The fourth-order valence-electron chi connectivity index (χ4n) is 1.73. The highest BCUT2D eigenvalue weighted by Crippen LogP contribution is 2.25. The normalized spacial score (nSPS) is 10.0. The first-order valence-corrected chi connectivity index (χ1v) is 7.05. The van der Waals surface area contributed by atoms with E-state index in [0.29, 0.717) is 5.13 Å². The minimum Gasteiger partial charge on any atom is -0.337 e. The molecule has 22 heavy (non-hydrogen) atoms. The molecular weight excluding hydrogens is 324 g/mol. The van der Waals surface area contributed by atoms with Crippen LogP contribution in [0.4, 0.5) is 5.13 Å². The van der Waals surface area contributed by atoms with Gasteiger partial charge in [0.2, 0.25) is 5.91 Å². The van der Waals surface area contributed by atoms with Gasteiger partial charge < -0.3 is 16.0 Å². The Hall–Kier alpha value is -2.29. The van der Waals surface area contributed by atoms with Crippen LogP contribution >= 0.6 is 23.7 Å². The molecule has 0 aromatic carbocycles. The molecule has 4 N–H and O–H groups in total. The average Bonchev–Trinajstić information content (AvgIpc) is 3.17. The number of carbonyl (C=O) groups is 1. The van der Waals surface area contributed by atoms with Gasteiger partial charge in [0.05, 0.1) is 18.4 Å². The Kier molecular flexibility index (Phi) is 5.21. The summed E-state index contributed by atoms with van der Waals surface area (Å²) in [4.78, 5) is 27.0. The third kappa shape index (κ3) is 3.48. The number of pyridine rings is 1. The topological polar surface area (TPSA) is 110 Å². The molecule has 0 spiro atoms. The van der Waals surface area contributed by atoms with Crippen molar-refractivity contribution >= 4 is 34.8 Å². The number of hydrogen-bond donors (Lipinski definition) is 3. The Balaban J connectivity index is 0.00000176. The number of hydrogen-bond acceptors (Lipinski definition) is 6. The van der Waals surface area contributed by atoms with E-state index in [2.05, 4.69) is 25.3 Å². The van der Waals surface area contributed by atoms with Crippen LogP contribution in [0.2, 0.25) is 0 Å². The van der Waals surface area contributed by atoms with Crippen LogP contribution in [0.3, 0.4) is 0 Å². The van der Waals surface area contributed by atoms with Gasteiger partial charge in [-0.05, 0) is 12.1 Å². The first-order chi connectivity index (χ1) is 10.3. The van der Waals surface area contributed by atoms with Crippen LogP contribution in [-0.4, -0.2) is 32.4 Å². The number of thiazole rings is 1. The van der Waals surface area contributed by atoms with E-state index in [1.807, 2.05) is 17.5 Å². The quantitative estimate of drug-likeness (QED) is 0.674. The molecule has 0 fully saturated rings. The summed E-state index contributed by atoms with van der Waals surface area (Å²) in [6.45, 7) is -0.0643. The van der Waals surface area contributed by atoms with E-state index in [0.717, 1.165) is 22.8 Å². The SMILES string of the molecule is Cl.NCC(=O)Nc1nc(-c2cnc(-c3ccncc3)[nH]2)cs1. The van der Waals surface area contributed by atoms with Crippen molar-refractivity contribution in [3.63, 3.8) is 0 Å². The number of halogens is 1. The summed E-state index contributed by atoms with van der Waals surface area (Å²) in [5.41, 5.74) is 7.70. The van der Waals surface area contributed by atoms with E-state index >= 15 is 0 Å². The second-order valence-corrected chi connectivity index (χ2v) is 5.03. The number of anilines is 1. The number of imidazole rings is 1. The van der Waals surface area contributed by atoms with Gasteiger partial charge in [0.25, 0.3) is 0 Å². The minimum absolute atomic E-state index is 0. The van der Waals surface area contributed by atoms with E-state index in [9.17, 15) is 4.79 Å². The van der Waals surface area contributed by atoms with Crippen molar-refractivity contribution in [1.82, 2.24) is 19.9 Å². The highest BCUT2D eigenvalue weighted by Gasteiger charge is 2.10. The molecule has 0 aliphatic rings. The zero-order valence-electron chi connectivity index (χ0n) is 11.3. The van der Waals surface area contributed by atoms with E-state index in [1.54, 1.807) is 18.6 Å². The van der Waals surface area contributed by atoms with Gasteiger partial charge in [-0.1, -0.05) is 0 Å². The molecule has 0 unspecified atom stereocenters. The Morgan fingerprint density at radius 2 is 2.14 bits per heavy atom. The molecule has 7 nitrogen and oxygen atoms in total. The number of amides is 1. The van der Waals surface area contributed by atoms with Crippen molar-refractivity contribution in [3.8, 4) is 22.8 Å². The van der Waals surface area contributed by atoms with Gasteiger partial charge >= 0.3 is 0 Å². The number of aromatic amines is 1. The fourth-order valence-corrected chi connectivity index (χ4v) is 2.46. The molecule has 0 aliphatic heterocycles. The third-order valence-corrected chi connectivity index (χ3v) is 3.50. The minimum atomic E-state index is -0.266. The van der Waals surface area contributed by atoms with Gasteiger partial charge in [0, 0.05) is 23.3 Å². The standard InChI is InChI=1S/C13H12N6OS.ClH/c14-5-11(20)19-13-18-10(7-21-13)9-6-16-12(17-9)8-1-3-15-4-2-8;/h1-4,6-7H,5,14H2,(H,16,17)(H,18,19,20);1H. The van der Waals surface area contributed by atoms with Crippen LogP contribution in [0.15, 0.2) is 36.1 Å². The van der Waals surface area contributed by atoms with Gasteiger partial charge in [-0.3, -0.25) is 9.78 Å². The summed E-state index contributed by atoms with van der Waals surface area (Å²) in [6.07, 6.45) is 5.13. The fraction of sp³-hybridized carbons (Fsp3) is 0.0769. The maximum Gasteiger partial charge on any atom is 0.239 e. The van der Waals surface area contributed by atoms with Crippen LogP contribution in [0, 0.1) is 0 Å². The molecule has 114 valence electrons. The van der Waals surface area contributed by atoms with Crippen LogP contribution in [0.1, 0.15) is 0 Å². The van der Waals surface area contributed by atoms with Crippen molar-refractivity contribution in [2.45, 2.75) is 0 Å². The summed E-state index contributed by atoms with van der Waals surface area (Å²) in [6, 6.07) is 3.74. The highest BCUT2D eigenvalue weighted by atomic mass is 35.5. The smallest absolute Gasteiger partial charge is 0.239 e. The van der Waals surface area contributed by atoms with Crippen molar-refractivity contribution in [2.24, 2.45) is 5.73 Å². The molecule has 3 aromatic rings. The summed E-state index contributed by atoms with van der Waals surface area (Å²) >= 11 is 1.34. The molecule has 3 rings (SSSR count). The van der Waals surface area contributed by atoms with Gasteiger partial charge in [-0.2, -0.15) is 0 Å². The Bertz CT molecular complexity index is 757. The second kappa shape index (κ2) is 7.12. The van der Waals surface area contributed by atoms with Crippen molar-refractivity contribution < 1.29 is 4.79 Å². The summed E-state index contributed by atoms with van der Waals surface area (Å²) < 4.78 is 0. The number of carbonyl (C=O) groups excluding carboxylic acids is 1. The number of rotatable bonds is 4. The molecule has 3 aromatic heterocycles. The predicted octanol–water partition coefficient (Wildman–Crippen LogP) is 1.91. The first-order valence-electron chi connectivity index (χ1n) is 6.17. The first kappa shape index (κ1) is 16.1. The molecule has 0 saturated heterocycles. The molecule has 0 aliphatic carbocycles. The number of nitrogens with two attached hydrogens (primary N) is 1. The molecule has 3 heterocycles. The van der Waals surface area contributed by atoms with Gasteiger partial charge in [-0.15, -0.1) is 23.7 Å². The largest absolute Gasteiger partial charge is 0.337 e. The summed E-state index contributed by atoms with van der Waals surface area (Å²) in [5, 5.41) is 4.98. The second-order valence-electron chi connectivity index (χ2n) is 4.17. The lowest BCUT2D eigenvalue weighted by molar-refractivity contribution is -0.114. The van der Waals surface area contributed by atoms with E-state index in [1.165, 1.54) is 11.3 Å². The van der Waals surface area contributed by atoms with Gasteiger partial charge in [0.15, 0.2) is 5.13 Å². The zero-order valence-corrected chi connectivity index (χ0v) is 12.9. The van der Waals surface area contributed by atoms with Crippen LogP contribution in [-0.2, 0) is 4.79 Å². The molecule has 1 amide bonds. The number of H-pyrrole nitrogens is 1. The molecule has 0 atom stereocenters. The monoisotopic (exact) mass is 336 g/mol. The lowest BCUT2D eigenvalue weighted by atomic mass is 10.2. The Morgan fingerprint density at radius 1 is 1.36 bits per heavy atom. The van der Waals surface area contributed by atoms with Crippen LogP contribution in [0.5, 0.6) is 0 Å². The summed E-state index contributed by atoms with van der Waals surface area (Å²) in [7, 11) is 0. The zero-order chi connectivity index (χ0) is 14.7. The maximum atomic E-state index is 11.2. The Labute approximate surface area is 136 Å². The highest BCUT2D eigenvalue weighted by molar-refractivity contribution is 7.14. The number of nitrogens with zero attached hydrogens (tertiary/aromatic N) is 3. The molecule has 0 bridgehead atoms. The summed E-state index contributed by atoms with van der Waals surface area (Å²) in [5.74, 6) is 0.478. The van der Waals surface area contributed by atoms with Gasteiger partial charge in [0.1, 0.15) is 11.5 Å². The van der Waals surface area contributed by atoms with Crippen LogP contribution < -0.4 is 11.1 Å². The molecule has 0 saturated carbocycles. The lowest BCUT2D eigenvalue weighted by Crippen LogP contribution is -2.21. The van der Waals surface area contributed by atoms with Crippen molar-refractivity contribution in [3.05, 3.63) is 36.1 Å². The van der Waals surface area contributed by atoms with E-state index in [-0.39, 0.29) is 24.9 Å². The third-order valence-electron chi connectivity index (χ3n) is 2.74. The maximum absolute atomic E-state index is 11.2. The molecule has 0 radical (unpaired) electrons. The predicted molar refractivity (Wildman–Crippen MR) is 87.9 cm³/mol.